The van der Waals surface area contributed by atoms with Gasteiger partial charge in [0.1, 0.15) is 6.61 Å². The molecule has 0 aliphatic rings. The van der Waals surface area contributed by atoms with Crippen LogP contribution in [0.25, 0.3) is 0 Å². The third-order valence-corrected chi connectivity index (χ3v) is 3.57. The Kier molecular flexibility index (Phi) is 5.74. The highest BCUT2D eigenvalue weighted by Crippen LogP contribution is 2.16. The van der Waals surface area contributed by atoms with Crippen LogP contribution in [0.3, 0.4) is 0 Å². The summed E-state index contributed by atoms with van der Waals surface area (Å²) < 4.78 is 5.43. The Hall–Kier alpha value is -2.36. The molecule has 1 heterocycles. The molecule has 0 saturated carbocycles. The van der Waals surface area contributed by atoms with E-state index in [0.29, 0.717) is 6.54 Å². The van der Waals surface area contributed by atoms with Crippen LogP contribution in [0.2, 0.25) is 0 Å². The minimum Gasteiger partial charge on any atom is -0.443 e. The van der Waals surface area contributed by atoms with Crippen LogP contribution in [-0.2, 0) is 17.8 Å². The molecule has 0 spiro atoms. The van der Waals surface area contributed by atoms with Crippen LogP contribution in [0.1, 0.15) is 32.0 Å². The van der Waals surface area contributed by atoms with E-state index in [9.17, 15) is 4.79 Å². The second-order valence-electron chi connectivity index (χ2n) is 6.43. The quantitative estimate of drug-likeness (QED) is 0.836. The topological polar surface area (TPSA) is 42.4 Å². The van der Waals surface area contributed by atoms with Crippen LogP contribution in [0, 0.1) is 0 Å². The van der Waals surface area contributed by atoms with Gasteiger partial charge < -0.3 is 9.64 Å². The van der Waals surface area contributed by atoms with Gasteiger partial charge in [-0.1, -0.05) is 36.4 Å². The highest BCUT2D eigenvalue weighted by molar-refractivity contribution is 5.68. The van der Waals surface area contributed by atoms with Crippen molar-refractivity contribution in [1.29, 1.82) is 0 Å². The number of nitrogens with zero attached hydrogens (tertiary/aromatic N) is 2. The second-order valence-corrected chi connectivity index (χ2v) is 6.43. The van der Waals surface area contributed by atoms with Gasteiger partial charge in [0.15, 0.2) is 0 Å². The van der Waals surface area contributed by atoms with Crippen LogP contribution in [-0.4, -0.2) is 28.1 Å². The summed E-state index contributed by atoms with van der Waals surface area (Å²) in [5.74, 6) is 0. The van der Waals surface area contributed by atoms with E-state index in [0.717, 1.165) is 12.1 Å². The summed E-state index contributed by atoms with van der Waals surface area (Å²) in [7, 11) is 0. The number of ether oxygens (including phenoxy) is 1. The average molecular weight is 312 g/mol. The van der Waals surface area contributed by atoms with Gasteiger partial charge in [-0.25, -0.2) is 4.79 Å². The van der Waals surface area contributed by atoms with E-state index in [1.165, 1.54) is 5.56 Å². The fourth-order valence-corrected chi connectivity index (χ4v) is 2.28. The van der Waals surface area contributed by atoms with E-state index in [1.807, 2.05) is 57.2 Å². The summed E-state index contributed by atoms with van der Waals surface area (Å²) in [6.07, 6.45) is 2.19. The molecule has 1 amide bonds. The van der Waals surface area contributed by atoms with Crippen LogP contribution in [0.4, 0.5) is 4.79 Å². The molecule has 0 N–H and O–H groups in total. The van der Waals surface area contributed by atoms with Gasteiger partial charge in [-0.2, -0.15) is 0 Å². The minimum absolute atomic E-state index is 0.192. The standard InChI is InChI=1S/C19H24N2O2/c1-19(2,3)21(14-12-16-9-5-4-6-10-16)18(22)23-15-17-11-7-8-13-20-17/h4-11,13H,12,14-15H2,1-3H3. The largest absolute Gasteiger partial charge is 0.443 e. The van der Waals surface area contributed by atoms with Crippen LogP contribution < -0.4 is 0 Å². The van der Waals surface area contributed by atoms with E-state index in [2.05, 4.69) is 17.1 Å². The number of carbonyl (C=O) groups is 1. The van der Waals surface area contributed by atoms with Gasteiger partial charge in [-0.05, 0) is 44.9 Å². The van der Waals surface area contributed by atoms with Crippen molar-refractivity contribution in [2.75, 3.05) is 6.54 Å². The number of aromatic nitrogens is 1. The van der Waals surface area contributed by atoms with Crippen LogP contribution >= 0.6 is 0 Å². The minimum atomic E-state index is -0.306. The molecule has 0 saturated heterocycles. The molecule has 4 heteroatoms. The summed E-state index contributed by atoms with van der Waals surface area (Å²) in [6, 6.07) is 15.7. The van der Waals surface area contributed by atoms with Crippen molar-refractivity contribution in [2.45, 2.75) is 39.3 Å². The zero-order valence-corrected chi connectivity index (χ0v) is 14.0. The van der Waals surface area contributed by atoms with Gasteiger partial charge in [0.25, 0.3) is 0 Å². The third kappa shape index (κ3) is 5.40. The van der Waals surface area contributed by atoms with E-state index in [-0.39, 0.29) is 18.2 Å². The number of hydrogen-bond donors (Lipinski definition) is 0. The lowest BCUT2D eigenvalue weighted by atomic mass is 10.1. The molecule has 0 unspecified atom stereocenters. The Balaban J connectivity index is 1.96. The van der Waals surface area contributed by atoms with Gasteiger partial charge >= 0.3 is 6.09 Å². The molecule has 23 heavy (non-hydrogen) atoms. The van der Waals surface area contributed by atoms with Gasteiger partial charge in [0.05, 0.1) is 5.69 Å². The highest BCUT2D eigenvalue weighted by atomic mass is 16.6. The molecule has 2 rings (SSSR count). The first-order valence-electron chi connectivity index (χ1n) is 7.85. The second kappa shape index (κ2) is 7.77. The first kappa shape index (κ1) is 17.0. The summed E-state index contributed by atoms with van der Waals surface area (Å²) >= 11 is 0. The van der Waals surface area contributed by atoms with Gasteiger partial charge in [0.2, 0.25) is 0 Å². The van der Waals surface area contributed by atoms with Crippen molar-refractivity contribution in [3.63, 3.8) is 0 Å². The van der Waals surface area contributed by atoms with Crippen molar-refractivity contribution in [1.82, 2.24) is 9.88 Å². The van der Waals surface area contributed by atoms with Gasteiger partial charge in [-0.3, -0.25) is 4.98 Å². The van der Waals surface area contributed by atoms with Crippen molar-refractivity contribution in [3.05, 3.63) is 66.0 Å². The van der Waals surface area contributed by atoms with E-state index < -0.39 is 0 Å². The fourth-order valence-electron chi connectivity index (χ4n) is 2.28. The molecule has 0 atom stereocenters. The van der Waals surface area contributed by atoms with E-state index in [1.54, 1.807) is 11.1 Å². The number of benzene rings is 1. The lowest BCUT2D eigenvalue weighted by Crippen LogP contribution is -2.46. The SMILES string of the molecule is CC(C)(C)N(CCc1ccccc1)C(=O)OCc1ccccn1. The van der Waals surface area contributed by atoms with Gasteiger partial charge in [-0.15, -0.1) is 0 Å². The Morgan fingerprint density at radius 1 is 1.09 bits per heavy atom. The van der Waals surface area contributed by atoms with Crippen molar-refractivity contribution < 1.29 is 9.53 Å². The monoisotopic (exact) mass is 312 g/mol. The Bertz CT molecular complexity index is 606. The molecule has 0 fully saturated rings. The lowest BCUT2D eigenvalue weighted by molar-refractivity contribution is 0.0625. The molecule has 0 bridgehead atoms. The number of carbonyl (C=O) groups excluding carboxylic acids is 1. The summed E-state index contributed by atoms with van der Waals surface area (Å²) in [6.45, 7) is 6.85. The summed E-state index contributed by atoms with van der Waals surface area (Å²) in [5.41, 5.74) is 1.66. The molecule has 1 aromatic carbocycles. The maximum atomic E-state index is 12.5. The van der Waals surface area contributed by atoms with E-state index in [4.69, 9.17) is 4.74 Å². The maximum Gasteiger partial charge on any atom is 0.410 e. The number of hydrogen-bond acceptors (Lipinski definition) is 3. The zero-order valence-electron chi connectivity index (χ0n) is 14.0. The molecule has 0 aliphatic heterocycles. The zero-order chi connectivity index (χ0) is 16.7. The summed E-state index contributed by atoms with van der Waals surface area (Å²) in [4.78, 5) is 18.4. The predicted octanol–water partition coefficient (Wildman–Crippen LogP) is 4.06. The molecular formula is C19H24N2O2. The van der Waals surface area contributed by atoms with Crippen LogP contribution in [0.15, 0.2) is 54.7 Å². The van der Waals surface area contributed by atoms with E-state index >= 15 is 0 Å². The Morgan fingerprint density at radius 2 is 1.78 bits per heavy atom. The summed E-state index contributed by atoms with van der Waals surface area (Å²) in [5, 5.41) is 0. The van der Waals surface area contributed by atoms with Crippen molar-refractivity contribution in [2.24, 2.45) is 0 Å². The van der Waals surface area contributed by atoms with Gasteiger partial charge in [0, 0.05) is 18.3 Å². The van der Waals surface area contributed by atoms with Crippen molar-refractivity contribution >= 4 is 6.09 Å². The molecule has 4 nitrogen and oxygen atoms in total. The van der Waals surface area contributed by atoms with Crippen LogP contribution in [0.5, 0.6) is 0 Å². The van der Waals surface area contributed by atoms with Crippen molar-refractivity contribution in [3.8, 4) is 0 Å². The molecule has 2 aromatic rings. The third-order valence-electron chi connectivity index (χ3n) is 3.57. The molecule has 122 valence electrons. The Labute approximate surface area is 138 Å². The molecule has 0 radical (unpaired) electrons. The first-order chi connectivity index (χ1) is 11.0. The number of pyridine rings is 1. The normalized spacial score (nSPS) is 11.1. The first-order valence-corrected chi connectivity index (χ1v) is 7.85. The number of rotatable bonds is 5. The fraction of sp³-hybridized carbons (Fsp3) is 0.368. The molecule has 1 aromatic heterocycles. The highest BCUT2D eigenvalue weighted by Gasteiger charge is 2.27. The lowest BCUT2D eigenvalue weighted by Gasteiger charge is -2.34. The smallest absolute Gasteiger partial charge is 0.410 e. The predicted molar refractivity (Wildman–Crippen MR) is 91.0 cm³/mol. The Morgan fingerprint density at radius 3 is 2.39 bits per heavy atom. The molecule has 0 aliphatic carbocycles. The average Bonchev–Trinajstić information content (AvgIpc) is 2.54. The molecular weight excluding hydrogens is 288 g/mol. The number of amides is 1. The maximum absolute atomic E-state index is 12.5.